The zero-order chi connectivity index (χ0) is 37.8. The monoisotopic (exact) mass is 725 g/mol. The lowest BCUT2D eigenvalue weighted by atomic mass is 9.94. The van der Waals surface area contributed by atoms with E-state index in [4.69, 9.17) is 47.4 Å². The van der Waals surface area contributed by atoms with E-state index < -0.39 is 116 Å². The molecule has 282 valence electrons. The molecule has 0 aliphatic carbocycles. The topological polar surface area (TPSA) is 224 Å². The maximum absolute atomic E-state index is 12.6. The first-order chi connectivity index (χ1) is 24.0. The molecule has 2 heterocycles. The van der Waals surface area contributed by atoms with Crippen molar-refractivity contribution in [2.45, 2.75) is 116 Å². The normalized spacial score (nSPS) is 28.7. The molecule has 0 spiro atoms. The van der Waals surface area contributed by atoms with Crippen molar-refractivity contribution in [1.29, 1.82) is 0 Å². The Hall–Kier alpha value is -4.65. The Morgan fingerprint density at radius 3 is 1.49 bits per heavy atom. The standard InChI is InChI=1S/C33H43NO17/c1-16(35)34-26-29(27(45-19(4)38)24(14-42-17(2)36)49-32(26)44-13-23-11-9-8-10-12-23)51-33-31(48-22(7)41)30(47-21(6)40)28(46-20(5)39)25(50-33)15-43-18(3)37/h8-12,24-33H,13-15H2,1-7H3,(H,34,35)/t24?,25?,26-,27-,28-,29+,30-,31-,32-,33-/m0/s1. The van der Waals surface area contributed by atoms with E-state index in [-0.39, 0.29) is 6.61 Å². The average Bonchev–Trinajstić information content (AvgIpc) is 3.02. The van der Waals surface area contributed by atoms with E-state index in [1.54, 1.807) is 30.3 Å². The molecule has 3 rings (SSSR count). The number of hydrogen-bond donors (Lipinski definition) is 1. The van der Waals surface area contributed by atoms with Crippen LogP contribution in [-0.2, 0) is 87.5 Å². The van der Waals surface area contributed by atoms with Crippen molar-refractivity contribution >= 4 is 41.7 Å². The second-order valence-electron chi connectivity index (χ2n) is 11.6. The number of benzene rings is 1. The molecule has 0 bridgehead atoms. The largest absolute Gasteiger partial charge is 0.463 e. The van der Waals surface area contributed by atoms with Gasteiger partial charge in [-0.05, 0) is 5.56 Å². The number of ether oxygens (including phenoxy) is 10. The Bertz CT molecular complexity index is 1400. The van der Waals surface area contributed by atoms with E-state index in [2.05, 4.69) is 5.32 Å². The van der Waals surface area contributed by atoms with Crippen molar-refractivity contribution in [3.8, 4) is 0 Å². The molecule has 1 amide bonds. The van der Waals surface area contributed by atoms with Crippen LogP contribution >= 0.6 is 0 Å². The number of esters is 6. The smallest absolute Gasteiger partial charge is 0.303 e. The van der Waals surface area contributed by atoms with Gasteiger partial charge in [0.05, 0.1) is 6.61 Å². The summed E-state index contributed by atoms with van der Waals surface area (Å²) in [6.45, 7) is 6.68. The van der Waals surface area contributed by atoms with E-state index in [1.807, 2.05) is 0 Å². The molecule has 0 aromatic heterocycles. The van der Waals surface area contributed by atoms with Crippen LogP contribution < -0.4 is 5.32 Å². The van der Waals surface area contributed by atoms with Crippen molar-refractivity contribution in [3.05, 3.63) is 35.9 Å². The Kier molecular flexibility index (Phi) is 15.3. The number of nitrogens with one attached hydrogen (secondary N) is 1. The van der Waals surface area contributed by atoms with Crippen LogP contribution in [0.4, 0.5) is 0 Å². The van der Waals surface area contributed by atoms with Crippen molar-refractivity contribution < 1.29 is 80.9 Å². The molecule has 1 N–H and O–H groups in total. The van der Waals surface area contributed by atoms with Crippen LogP contribution in [0.2, 0.25) is 0 Å². The number of hydrogen-bond acceptors (Lipinski definition) is 17. The second-order valence-corrected chi connectivity index (χ2v) is 11.6. The van der Waals surface area contributed by atoms with Crippen molar-refractivity contribution in [3.63, 3.8) is 0 Å². The lowest BCUT2D eigenvalue weighted by Gasteiger charge is -2.49. The molecular weight excluding hydrogens is 682 g/mol. The van der Waals surface area contributed by atoms with Crippen LogP contribution in [0, 0.1) is 0 Å². The summed E-state index contributed by atoms with van der Waals surface area (Å²) < 4.78 is 57.2. The van der Waals surface area contributed by atoms with Gasteiger partial charge in [-0.3, -0.25) is 33.6 Å². The minimum absolute atomic E-state index is 0.0358. The Morgan fingerprint density at radius 1 is 0.569 bits per heavy atom. The zero-order valence-electron chi connectivity index (χ0n) is 29.2. The van der Waals surface area contributed by atoms with E-state index >= 15 is 0 Å². The predicted molar refractivity (Wildman–Crippen MR) is 167 cm³/mol. The van der Waals surface area contributed by atoms with Gasteiger partial charge < -0.3 is 52.7 Å². The Labute approximate surface area is 293 Å². The molecule has 2 unspecified atom stereocenters. The van der Waals surface area contributed by atoms with Gasteiger partial charge >= 0.3 is 35.8 Å². The maximum atomic E-state index is 12.6. The van der Waals surface area contributed by atoms with Crippen molar-refractivity contribution in [2.24, 2.45) is 0 Å². The average molecular weight is 726 g/mol. The minimum atomic E-state index is -1.76. The molecule has 0 radical (unpaired) electrons. The first-order valence-corrected chi connectivity index (χ1v) is 15.9. The summed E-state index contributed by atoms with van der Waals surface area (Å²) in [6.07, 6.45) is -13.5. The summed E-state index contributed by atoms with van der Waals surface area (Å²) in [5, 5.41) is 2.68. The zero-order valence-corrected chi connectivity index (χ0v) is 29.2. The lowest BCUT2D eigenvalue weighted by Crippen LogP contribution is -2.69. The number of amides is 1. The first kappa shape index (κ1) is 40.8. The molecular formula is C33H43NO17. The second kappa shape index (κ2) is 19.1. The molecule has 0 saturated carbocycles. The van der Waals surface area contributed by atoms with Crippen molar-refractivity contribution in [1.82, 2.24) is 5.32 Å². The van der Waals surface area contributed by atoms with Crippen LogP contribution in [0.3, 0.4) is 0 Å². The molecule has 18 nitrogen and oxygen atoms in total. The highest BCUT2D eigenvalue weighted by atomic mass is 16.8. The minimum Gasteiger partial charge on any atom is -0.463 e. The molecule has 51 heavy (non-hydrogen) atoms. The predicted octanol–water partition coefficient (Wildman–Crippen LogP) is 0.396. The fourth-order valence-electron chi connectivity index (χ4n) is 5.47. The molecule has 2 saturated heterocycles. The third-order valence-electron chi connectivity index (χ3n) is 7.27. The molecule has 10 atom stereocenters. The van der Waals surface area contributed by atoms with Crippen LogP contribution in [0.25, 0.3) is 0 Å². The van der Waals surface area contributed by atoms with E-state index in [0.29, 0.717) is 0 Å². The quantitative estimate of drug-likeness (QED) is 0.202. The highest BCUT2D eigenvalue weighted by Gasteiger charge is 2.57. The van der Waals surface area contributed by atoms with Gasteiger partial charge in [-0.1, -0.05) is 30.3 Å². The van der Waals surface area contributed by atoms with Crippen LogP contribution in [0.15, 0.2) is 30.3 Å². The van der Waals surface area contributed by atoms with Crippen molar-refractivity contribution in [2.75, 3.05) is 13.2 Å². The van der Waals surface area contributed by atoms with E-state index in [1.165, 1.54) is 6.92 Å². The van der Waals surface area contributed by atoms with Gasteiger partial charge in [0.1, 0.15) is 37.6 Å². The Balaban J connectivity index is 2.17. The van der Waals surface area contributed by atoms with Crippen LogP contribution in [-0.4, -0.2) is 116 Å². The summed E-state index contributed by atoms with van der Waals surface area (Å²) in [5.41, 5.74) is 0.721. The van der Waals surface area contributed by atoms with Gasteiger partial charge in [-0.2, -0.15) is 0 Å². The molecule has 18 heteroatoms. The third kappa shape index (κ3) is 12.6. The summed E-state index contributed by atoms with van der Waals surface area (Å²) in [5.74, 6) is -5.45. The highest BCUT2D eigenvalue weighted by molar-refractivity contribution is 5.73. The molecule has 2 aliphatic heterocycles. The highest BCUT2D eigenvalue weighted by Crippen LogP contribution is 2.35. The summed E-state index contributed by atoms with van der Waals surface area (Å²) >= 11 is 0. The van der Waals surface area contributed by atoms with E-state index in [0.717, 1.165) is 47.1 Å². The molecule has 1 aromatic rings. The Morgan fingerprint density at radius 2 is 1.02 bits per heavy atom. The van der Waals surface area contributed by atoms with Gasteiger partial charge in [0.15, 0.2) is 37.0 Å². The number of carbonyl (C=O) groups excluding carboxylic acids is 7. The SMILES string of the molecule is CC(=O)N[C@@H]1[C@@H](OCc2ccccc2)OC(COC(C)=O)[C@H](OC(C)=O)[C@@H]1O[C@@H]1OC(COC(C)=O)[C@H](OC(C)=O)[C@H](OC(C)=O)[C@@H]1OC(C)=O. The summed E-state index contributed by atoms with van der Waals surface area (Å²) in [6, 6.07) is 7.62. The van der Waals surface area contributed by atoms with Gasteiger partial charge in [0.2, 0.25) is 5.91 Å². The summed E-state index contributed by atoms with van der Waals surface area (Å²) in [7, 11) is 0. The lowest BCUT2D eigenvalue weighted by molar-refractivity contribution is -0.348. The number of carbonyl (C=O) groups is 7. The van der Waals surface area contributed by atoms with Gasteiger partial charge in [-0.25, -0.2) is 0 Å². The van der Waals surface area contributed by atoms with Gasteiger partial charge in [0, 0.05) is 48.5 Å². The van der Waals surface area contributed by atoms with Gasteiger partial charge in [-0.15, -0.1) is 0 Å². The molecule has 2 aliphatic rings. The van der Waals surface area contributed by atoms with Crippen LogP contribution in [0.5, 0.6) is 0 Å². The summed E-state index contributed by atoms with van der Waals surface area (Å²) in [4.78, 5) is 85.7. The third-order valence-corrected chi connectivity index (χ3v) is 7.27. The molecule has 2 fully saturated rings. The fraction of sp³-hybridized carbons (Fsp3) is 0.606. The van der Waals surface area contributed by atoms with E-state index in [9.17, 15) is 33.6 Å². The molecule has 1 aromatic carbocycles. The number of rotatable bonds is 14. The van der Waals surface area contributed by atoms with Crippen LogP contribution in [0.1, 0.15) is 54.0 Å². The van der Waals surface area contributed by atoms with Gasteiger partial charge in [0.25, 0.3) is 0 Å². The fourth-order valence-corrected chi connectivity index (χ4v) is 5.47. The maximum Gasteiger partial charge on any atom is 0.303 e. The first-order valence-electron chi connectivity index (χ1n) is 15.9.